The van der Waals surface area contributed by atoms with Crippen molar-refractivity contribution in [2.75, 3.05) is 27.7 Å². The fraction of sp³-hybridized carbons (Fsp3) is 0.800. The van der Waals surface area contributed by atoms with Crippen LogP contribution in [0.1, 0.15) is 0 Å². The van der Waals surface area contributed by atoms with Crippen LogP contribution < -0.4 is 0 Å². The lowest BCUT2D eigenvalue weighted by atomic mass is 10.6. The maximum absolute atomic E-state index is 9.80. The van der Waals surface area contributed by atoms with Crippen molar-refractivity contribution in [3.05, 3.63) is 0 Å². The van der Waals surface area contributed by atoms with Crippen LogP contribution in [0.2, 0.25) is 0 Å². The van der Waals surface area contributed by atoms with Crippen LogP contribution in [0.25, 0.3) is 0 Å². The van der Waals surface area contributed by atoms with Crippen LogP contribution in [0.3, 0.4) is 0 Å². The average Bonchev–Trinajstić information content (AvgIpc) is 1.30. The first-order chi connectivity index (χ1) is 3.06. The quantitative estimate of drug-likeness (QED) is 0.343. The zero-order valence-electron chi connectivity index (χ0n) is 5.64. The van der Waals surface area contributed by atoms with Crippen LogP contribution in [-0.4, -0.2) is 43.9 Å². The molecule has 0 aliphatic carbocycles. The SMILES string of the molecule is C[N+](C)(C)CC=O.O. The van der Waals surface area contributed by atoms with Crippen LogP contribution in [0.4, 0.5) is 0 Å². The van der Waals surface area contributed by atoms with Gasteiger partial charge >= 0.3 is 0 Å². The molecule has 3 nitrogen and oxygen atoms in total. The van der Waals surface area contributed by atoms with E-state index >= 15 is 0 Å². The fourth-order valence-electron chi connectivity index (χ4n) is 0.224. The molecule has 0 heterocycles. The number of nitrogens with zero attached hydrogens (tertiary/aromatic N) is 1. The summed E-state index contributed by atoms with van der Waals surface area (Å²) in [4.78, 5) is 9.80. The largest absolute Gasteiger partial charge is 0.412 e. The molecule has 0 aliphatic rings. The Morgan fingerprint density at radius 1 is 1.38 bits per heavy atom. The fourth-order valence-corrected chi connectivity index (χ4v) is 0.224. The minimum atomic E-state index is 0. The van der Waals surface area contributed by atoms with Gasteiger partial charge in [-0.1, -0.05) is 0 Å². The molecule has 0 aromatic carbocycles. The molecule has 0 atom stereocenters. The van der Waals surface area contributed by atoms with E-state index in [0.717, 1.165) is 10.8 Å². The lowest BCUT2D eigenvalue weighted by Gasteiger charge is -2.19. The minimum absolute atomic E-state index is 0. The van der Waals surface area contributed by atoms with Gasteiger partial charge in [0.25, 0.3) is 0 Å². The Kier molecular flexibility index (Phi) is 4.71. The van der Waals surface area contributed by atoms with E-state index < -0.39 is 0 Å². The second-order valence-corrected chi connectivity index (χ2v) is 2.64. The van der Waals surface area contributed by atoms with Crippen molar-refractivity contribution in [3.8, 4) is 0 Å². The molecule has 2 N–H and O–H groups in total. The van der Waals surface area contributed by atoms with Crippen molar-refractivity contribution in [1.29, 1.82) is 0 Å². The van der Waals surface area contributed by atoms with Gasteiger partial charge in [-0.25, -0.2) is 0 Å². The summed E-state index contributed by atoms with van der Waals surface area (Å²) >= 11 is 0. The van der Waals surface area contributed by atoms with Crippen LogP contribution in [-0.2, 0) is 4.79 Å². The summed E-state index contributed by atoms with van der Waals surface area (Å²) in [5.74, 6) is 0. The lowest BCUT2D eigenvalue weighted by molar-refractivity contribution is -0.861. The molecule has 0 aliphatic heterocycles. The predicted octanol–water partition coefficient (Wildman–Crippen LogP) is -0.933. The third kappa shape index (κ3) is 9.14. The van der Waals surface area contributed by atoms with Gasteiger partial charge in [0.1, 0.15) is 6.54 Å². The van der Waals surface area contributed by atoms with Crippen molar-refractivity contribution >= 4 is 6.29 Å². The van der Waals surface area contributed by atoms with Crippen LogP contribution in [0.15, 0.2) is 0 Å². The van der Waals surface area contributed by atoms with Crippen molar-refractivity contribution in [2.45, 2.75) is 0 Å². The summed E-state index contributed by atoms with van der Waals surface area (Å²) in [6.07, 6.45) is 0.931. The lowest BCUT2D eigenvalue weighted by Crippen LogP contribution is -2.35. The summed E-state index contributed by atoms with van der Waals surface area (Å²) in [5, 5.41) is 0. The number of carbonyl (C=O) groups is 1. The molecule has 0 rings (SSSR count). The molecule has 8 heavy (non-hydrogen) atoms. The van der Waals surface area contributed by atoms with Gasteiger partial charge < -0.3 is 9.96 Å². The first-order valence-corrected chi connectivity index (χ1v) is 2.30. The number of rotatable bonds is 2. The Hall–Kier alpha value is -0.410. The number of carbonyl (C=O) groups excluding carboxylic acids is 1. The Balaban J connectivity index is 0. The van der Waals surface area contributed by atoms with Crippen molar-refractivity contribution in [1.82, 2.24) is 0 Å². The Morgan fingerprint density at radius 3 is 1.75 bits per heavy atom. The van der Waals surface area contributed by atoms with Crippen LogP contribution >= 0.6 is 0 Å². The highest BCUT2D eigenvalue weighted by atomic mass is 16.1. The second-order valence-electron chi connectivity index (χ2n) is 2.64. The maximum atomic E-state index is 9.80. The van der Waals surface area contributed by atoms with Gasteiger partial charge in [0.05, 0.1) is 21.1 Å². The van der Waals surface area contributed by atoms with Crippen molar-refractivity contribution in [3.63, 3.8) is 0 Å². The Morgan fingerprint density at radius 2 is 1.75 bits per heavy atom. The van der Waals surface area contributed by atoms with E-state index in [2.05, 4.69) is 0 Å². The zero-order chi connectivity index (χ0) is 5.91. The van der Waals surface area contributed by atoms with Gasteiger partial charge in [-0.05, 0) is 0 Å². The summed E-state index contributed by atoms with van der Waals surface area (Å²) in [7, 11) is 5.94. The monoisotopic (exact) mass is 120 g/mol. The molecule has 0 aromatic heterocycles. The standard InChI is InChI=1S/C5H12NO.H2O/c1-6(2,3)4-5-7;/h5H,4H2,1-3H3;1H2/q+1;. The Labute approximate surface area is 49.8 Å². The zero-order valence-corrected chi connectivity index (χ0v) is 5.64. The van der Waals surface area contributed by atoms with E-state index in [1.54, 1.807) is 0 Å². The predicted molar refractivity (Wildman–Crippen MR) is 32.6 cm³/mol. The summed E-state index contributed by atoms with van der Waals surface area (Å²) in [5.41, 5.74) is 0. The highest BCUT2D eigenvalue weighted by Crippen LogP contribution is 1.82. The number of aldehydes is 1. The highest BCUT2D eigenvalue weighted by Gasteiger charge is 2.01. The number of likely N-dealkylation sites (N-methyl/N-ethyl adjacent to an activating group) is 1. The average molecular weight is 120 g/mol. The van der Waals surface area contributed by atoms with Crippen LogP contribution in [0.5, 0.6) is 0 Å². The van der Waals surface area contributed by atoms with Gasteiger partial charge in [-0.15, -0.1) is 0 Å². The van der Waals surface area contributed by atoms with Gasteiger partial charge in [-0.2, -0.15) is 0 Å². The molecule has 0 aromatic rings. The minimum Gasteiger partial charge on any atom is -0.412 e. The van der Waals surface area contributed by atoms with E-state index in [0.29, 0.717) is 6.54 Å². The molecule has 3 heteroatoms. The van der Waals surface area contributed by atoms with E-state index in [1.807, 2.05) is 21.1 Å². The van der Waals surface area contributed by atoms with Gasteiger partial charge in [0.2, 0.25) is 0 Å². The molecule has 0 bridgehead atoms. The normalized spacial score (nSPS) is 9.88. The molecule has 0 amide bonds. The van der Waals surface area contributed by atoms with E-state index in [9.17, 15) is 4.79 Å². The molecule has 50 valence electrons. The molecule has 0 saturated heterocycles. The molecule has 0 radical (unpaired) electrons. The molecule has 0 fully saturated rings. The number of hydrogen-bond acceptors (Lipinski definition) is 1. The third-order valence-electron chi connectivity index (χ3n) is 0.622. The van der Waals surface area contributed by atoms with E-state index in [4.69, 9.17) is 0 Å². The highest BCUT2D eigenvalue weighted by molar-refractivity contribution is 5.50. The van der Waals surface area contributed by atoms with Crippen LogP contribution in [0, 0.1) is 0 Å². The molecular weight excluding hydrogens is 106 g/mol. The van der Waals surface area contributed by atoms with Gasteiger partial charge in [0.15, 0.2) is 6.29 Å². The smallest absolute Gasteiger partial charge is 0.174 e. The van der Waals surface area contributed by atoms with Gasteiger partial charge in [0, 0.05) is 0 Å². The first kappa shape index (κ1) is 10.5. The molecular formula is C5H14NO2+. The van der Waals surface area contributed by atoms with Gasteiger partial charge in [-0.3, -0.25) is 4.79 Å². The van der Waals surface area contributed by atoms with E-state index in [1.165, 1.54) is 0 Å². The number of quaternary nitrogens is 1. The summed E-state index contributed by atoms with van der Waals surface area (Å²) < 4.78 is 0.726. The Bertz CT molecular complexity index is 65.3. The maximum Gasteiger partial charge on any atom is 0.174 e. The molecule has 0 saturated carbocycles. The summed E-state index contributed by atoms with van der Waals surface area (Å²) in [6, 6.07) is 0. The van der Waals surface area contributed by atoms with E-state index in [-0.39, 0.29) is 5.48 Å². The molecule has 0 spiro atoms. The summed E-state index contributed by atoms with van der Waals surface area (Å²) in [6.45, 7) is 0.597. The van der Waals surface area contributed by atoms with Crippen molar-refractivity contribution in [2.24, 2.45) is 0 Å². The third-order valence-corrected chi connectivity index (χ3v) is 0.622. The first-order valence-electron chi connectivity index (χ1n) is 2.30. The van der Waals surface area contributed by atoms with Crippen molar-refractivity contribution < 1.29 is 14.8 Å². The topological polar surface area (TPSA) is 48.6 Å². The second kappa shape index (κ2) is 3.57. The number of hydrogen-bond donors (Lipinski definition) is 0. The molecule has 0 unspecified atom stereocenters.